The summed E-state index contributed by atoms with van der Waals surface area (Å²) in [5, 5.41) is 14.6. The van der Waals surface area contributed by atoms with Crippen LogP contribution >= 0.6 is 0 Å². The molecule has 8 aromatic carbocycles. The molecule has 0 fully saturated rings. The summed E-state index contributed by atoms with van der Waals surface area (Å²) in [7, 11) is -1.92. The summed E-state index contributed by atoms with van der Waals surface area (Å²) in [5.74, 6) is 1.12. The Labute approximate surface area is 380 Å². The van der Waals surface area contributed by atoms with E-state index in [0.29, 0.717) is 11.8 Å². The predicted molar refractivity (Wildman–Crippen MR) is 229 cm³/mol. The molecule has 0 aromatic heterocycles. The number of hydrogen-bond donors (Lipinski definition) is 0. The van der Waals surface area contributed by atoms with E-state index in [2.05, 4.69) is 178 Å². The van der Waals surface area contributed by atoms with Gasteiger partial charge >= 0.3 is 75.4 Å². The third kappa shape index (κ3) is 9.47. The Morgan fingerprint density at radius 2 is 0.836 bits per heavy atom. The molecule has 8 aromatic rings. The molecule has 0 bridgehead atoms. The van der Waals surface area contributed by atoms with E-state index < -0.39 is 8.07 Å². The predicted octanol–water partition coefficient (Wildman–Crippen LogP) is 0.966. The van der Waals surface area contributed by atoms with Crippen molar-refractivity contribution in [1.29, 1.82) is 0 Å². The van der Waals surface area contributed by atoms with Crippen molar-refractivity contribution in [2.24, 2.45) is 0 Å². The molecule has 0 N–H and O–H groups in total. The van der Waals surface area contributed by atoms with Crippen LogP contribution in [-0.4, -0.2) is 8.07 Å². The molecule has 8 rings (SSSR count). The van der Waals surface area contributed by atoms with Crippen LogP contribution in [0, 0.1) is 27.7 Å². The first-order valence-corrected chi connectivity index (χ1v) is 22.0. The molecule has 0 aliphatic heterocycles. The molecule has 262 valence electrons. The largest absolute Gasteiger partial charge is 1.00 e. The molecule has 0 saturated carbocycles. The number of aryl methyl sites for hydroxylation is 6. The van der Waals surface area contributed by atoms with E-state index in [9.17, 15) is 0 Å². The first-order valence-electron chi connectivity index (χ1n) is 19.0. The van der Waals surface area contributed by atoms with Gasteiger partial charge in [0.25, 0.3) is 0 Å². The van der Waals surface area contributed by atoms with Crippen molar-refractivity contribution in [2.75, 3.05) is 0 Å². The number of benzene rings is 4. The summed E-state index contributed by atoms with van der Waals surface area (Å²) >= 11 is 0. The molecule has 55 heavy (non-hydrogen) atoms. The van der Waals surface area contributed by atoms with Crippen molar-refractivity contribution >= 4 is 61.5 Å². The molecule has 0 radical (unpaired) electrons. The van der Waals surface area contributed by atoms with Crippen LogP contribution in [0.15, 0.2) is 109 Å². The minimum absolute atomic E-state index is 0. The molecule has 5 heteroatoms. The molecule has 0 aliphatic carbocycles. The fourth-order valence-corrected chi connectivity index (χ4v) is 13.3. The Morgan fingerprint density at radius 1 is 0.473 bits per heavy atom. The number of rotatable bonds is 7. The Hall–Kier alpha value is -2.07. The topological polar surface area (TPSA) is 0 Å². The van der Waals surface area contributed by atoms with E-state index >= 15 is 0 Å². The number of fused-ring (bicyclic) bond motifs is 4. The molecule has 0 atom stereocenters. The van der Waals surface area contributed by atoms with Gasteiger partial charge in [-0.05, 0) is 38.5 Å². The van der Waals surface area contributed by atoms with Gasteiger partial charge in [-0.2, -0.15) is 22.5 Å². The molecule has 0 unspecified atom stereocenters. The van der Waals surface area contributed by atoms with E-state index in [1.54, 1.807) is 10.4 Å². The zero-order valence-corrected chi connectivity index (χ0v) is 37.5. The monoisotopic (exact) mass is 710 g/mol. The summed E-state index contributed by atoms with van der Waals surface area (Å²) in [6, 6.07) is 41.1. The van der Waals surface area contributed by atoms with Crippen LogP contribution in [0.5, 0.6) is 0 Å². The quantitative estimate of drug-likeness (QED) is 0.171. The van der Waals surface area contributed by atoms with Crippen molar-refractivity contribution in [3.05, 3.63) is 154 Å². The molecular formula is C50H54Li4Si. The summed E-state index contributed by atoms with van der Waals surface area (Å²) in [6.07, 6.45) is 2.23. The molecule has 0 aliphatic rings. The van der Waals surface area contributed by atoms with Crippen molar-refractivity contribution in [2.45, 2.75) is 93.2 Å². The van der Waals surface area contributed by atoms with Gasteiger partial charge in [0.15, 0.2) is 0 Å². The molecular weight excluding hydrogens is 656 g/mol. The van der Waals surface area contributed by atoms with E-state index in [-0.39, 0.29) is 75.4 Å². The van der Waals surface area contributed by atoms with Gasteiger partial charge in [0.1, 0.15) is 0 Å². The zero-order chi connectivity index (χ0) is 36.2. The third-order valence-electron chi connectivity index (χ3n) is 11.5. The van der Waals surface area contributed by atoms with Crippen molar-refractivity contribution < 1.29 is 75.4 Å². The van der Waals surface area contributed by atoms with Crippen LogP contribution in [0.4, 0.5) is 0 Å². The zero-order valence-electron chi connectivity index (χ0n) is 36.5. The average molecular weight is 711 g/mol. The fourth-order valence-electron chi connectivity index (χ4n) is 9.01. The molecule has 0 heterocycles. The van der Waals surface area contributed by atoms with Gasteiger partial charge in [0, 0.05) is 8.07 Å². The molecule has 0 nitrogen and oxygen atoms in total. The number of hydrogen-bond acceptors (Lipinski definition) is 0. The van der Waals surface area contributed by atoms with E-state index in [0.717, 1.165) is 12.8 Å². The average Bonchev–Trinajstić information content (AvgIpc) is 3.85. The summed E-state index contributed by atoms with van der Waals surface area (Å²) in [5.41, 5.74) is 11.6. The van der Waals surface area contributed by atoms with Crippen LogP contribution in [0.1, 0.15) is 84.0 Å². The summed E-state index contributed by atoms with van der Waals surface area (Å²) in [6.45, 7) is 23.6. The maximum Gasteiger partial charge on any atom is 1.00 e. The van der Waals surface area contributed by atoms with E-state index in [1.165, 1.54) is 87.6 Å². The van der Waals surface area contributed by atoms with Gasteiger partial charge in [0.2, 0.25) is 0 Å². The van der Waals surface area contributed by atoms with Crippen molar-refractivity contribution in [3.63, 3.8) is 0 Å². The Balaban J connectivity index is 0.000000296. The van der Waals surface area contributed by atoms with Gasteiger partial charge in [-0.25, -0.2) is 0 Å². The van der Waals surface area contributed by atoms with Crippen LogP contribution in [-0.2, 0) is 12.8 Å². The van der Waals surface area contributed by atoms with E-state index in [1.807, 2.05) is 0 Å². The Bertz CT molecular complexity index is 2270. The maximum atomic E-state index is 2.57. The Kier molecular flexibility index (Phi) is 16.4. The SMILES string of the molecule is Cc1[cH-]c2cc(C(C)C)cc(C)c2c1[Si](C)(C)c1c(C)[cH-]c2cc(C(C)C)cc(C)c12.[Li+].[Li+].[Li+].[Li+].c1ccc2[cH-]c(CCc3cc4ccccc4[cH-]3)cc2c1. The first-order chi connectivity index (χ1) is 24.3. The van der Waals surface area contributed by atoms with Crippen LogP contribution in [0.25, 0.3) is 43.1 Å². The fraction of sp³-hybridized carbons (Fsp3) is 0.280. The van der Waals surface area contributed by atoms with E-state index in [4.69, 9.17) is 0 Å². The van der Waals surface area contributed by atoms with Crippen LogP contribution < -0.4 is 85.8 Å². The molecule has 0 saturated heterocycles. The first kappa shape index (κ1) is 47.3. The Morgan fingerprint density at radius 3 is 1.18 bits per heavy atom. The van der Waals surface area contributed by atoms with Crippen LogP contribution in [0.2, 0.25) is 13.1 Å². The van der Waals surface area contributed by atoms with Crippen LogP contribution in [0.3, 0.4) is 0 Å². The third-order valence-corrected chi connectivity index (χ3v) is 15.2. The molecule has 0 spiro atoms. The van der Waals surface area contributed by atoms with Gasteiger partial charge in [-0.15, -0.1) is 138 Å². The van der Waals surface area contributed by atoms with Crippen molar-refractivity contribution in [3.8, 4) is 0 Å². The minimum Gasteiger partial charge on any atom is -0.165 e. The van der Waals surface area contributed by atoms with Gasteiger partial charge in [-0.1, -0.05) is 101 Å². The molecule has 0 amide bonds. The van der Waals surface area contributed by atoms with Crippen molar-refractivity contribution in [1.82, 2.24) is 0 Å². The maximum absolute atomic E-state index is 2.57. The second-order valence-corrected chi connectivity index (χ2v) is 20.7. The standard InChI is InChI=1S/C30H38Si.C20H16.4Li/c1-17(2)23-11-19(5)27-25(15-23)13-21(7)29(27)31(9,10)30-22(8)14-26-16-24(18(3)4)12-20(6)28(26)30;1-2-6-18-12-15(11-17(18)5-1)9-10-16-13-19-7-3-4-8-20(19)14-16;;;;/h11-18H,1-10H3;1-8,11-14H,9-10H2;;;;/q2*-2;4*+1. The van der Waals surface area contributed by atoms with Gasteiger partial charge in [-0.3, -0.25) is 0 Å². The minimum atomic E-state index is -1.92. The van der Waals surface area contributed by atoms with Gasteiger partial charge < -0.3 is 0 Å². The van der Waals surface area contributed by atoms with Gasteiger partial charge in [0.05, 0.1) is 0 Å². The summed E-state index contributed by atoms with van der Waals surface area (Å²) in [4.78, 5) is 0. The normalized spacial score (nSPS) is 11.3. The second-order valence-electron chi connectivity index (χ2n) is 16.4. The smallest absolute Gasteiger partial charge is 0.165 e. The second kappa shape index (κ2) is 19.1. The summed E-state index contributed by atoms with van der Waals surface area (Å²) < 4.78 is 0.